The molecule has 0 aliphatic heterocycles. The Morgan fingerprint density at radius 1 is 1.29 bits per heavy atom. The first kappa shape index (κ1) is 12.0. The number of ketones is 1. The number of Topliss-reactive ketones (excluding diaryl/α,β-unsaturated/α-hetero) is 1. The average molecular weight is 245 g/mol. The zero-order valence-electron chi connectivity index (χ0n) is 10.1. The van der Waals surface area contributed by atoms with Crippen molar-refractivity contribution in [3.63, 3.8) is 0 Å². The van der Waals surface area contributed by atoms with E-state index in [9.17, 15) is 4.79 Å². The van der Waals surface area contributed by atoms with Gasteiger partial charge < -0.3 is 0 Å². The van der Waals surface area contributed by atoms with Gasteiger partial charge in [-0.25, -0.2) is 0 Å². The topological polar surface area (TPSA) is 30.0 Å². The van der Waals surface area contributed by atoms with E-state index in [0.717, 1.165) is 22.6 Å². The maximum absolute atomic E-state index is 12.0. The van der Waals surface area contributed by atoms with Gasteiger partial charge in [-0.1, -0.05) is 13.0 Å². The molecule has 0 aliphatic carbocycles. The number of aromatic nitrogens is 1. The number of hydrogen-bond acceptors (Lipinski definition) is 3. The van der Waals surface area contributed by atoms with Crippen LogP contribution in [0.1, 0.15) is 32.7 Å². The van der Waals surface area contributed by atoms with Gasteiger partial charge in [0.2, 0.25) is 0 Å². The number of pyridine rings is 1. The molecular weight excluding hydrogens is 230 g/mol. The Kier molecular flexibility index (Phi) is 3.69. The highest BCUT2D eigenvalue weighted by Crippen LogP contribution is 2.18. The standard InChI is InChI=1S/C14H15NOS/c1-3-12-6-7-14(17-12)13(16)8-11-5-4-10(2)9-15-11/h4-7,9H,3,8H2,1-2H3. The van der Waals surface area contributed by atoms with Gasteiger partial charge in [0.25, 0.3) is 0 Å². The minimum Gasteiger partial charge on any atom is -0.293 e. The Labute approximate surface area is 105 Å². The highest BCUT2D eigenvalue weighted by molar-refractivity contribution is 7.14. The van der Waals surface area contributed by atoms with Crippen LogP contribution in [0.25, 0.3) is 0 Å². The zero-order chi connectivity index (χ0) is 12.3. The van der Waals surface area contributed by atoms with Crippen LogP contribution < -0.4 is 0 Å². The third kappa shape index (κ3) is 3.01. The van der Waals surface area contributed by atoms with E-state index in [1.807, 2.05) is 31.2 Å². The number of carbonyl (C=O) groups is 1. The molecule has 0 radical (unpaired) electrons. The van der Waals surface area contributed by atoms with Crippen molar-refractivity contribution in [3.05, 3.63) is 51.5 Å². The second-order valence-electron chi connectivity index (χ2n) is 4.05. The fourth-order valence-corrected chi connectivity index (χ4v) is 2.46. The molecule has 2 heterocycles. The van der Waals surface area contributed by atoms with Crippen molar-refractivity contribution in [2.45, 2.75) is 26.7 Å². The Bertz CT molecular complexity index is 513. The molecule has 0 unspecified atom stereocenters. The first-order valence-corrected chi connectivity index (χ1v) is 6.54. The first-order chi connectivity index (χ1) is 8.19. The van der Waals surface area contributed by atoms with Crippen LogP contribution in [0, 0.1) is 6.92 Å². The van der Waals surface area contributed by atoms with Crippen molar-refractivity contribution >= 4 is 17.1 Å². The fraction of sp³-hybridized carbons (Fsp3) is 0.286. The molecule has 0 saturated heterocycles. The van der Waals surface area contributed by atoms with Crippen LogP contribution in [0.4, 0.5) is 0 Å². The lowest BCUT2D eigenvalue weighted by atomic mass is 10.1. The summed E-state index contributed by atoms with van der Waals surface area (Å²) in [4.78, 5) is 18.3. The smallest absolute Gasteiger partial charge is 0.178 e. The van der Waals surface area contributed by atoms with Crippen LogP contribution in [0.2, 0.25) is 0 Å². The predicted molar refractivity (Wildman–Crippen MR) is 70.7 cm³/mol. The van der Waals surface area contributed by atoms with Crippen LogP contribution >= 0.6 is 11.3 Å². The first-order valence-electron chi connectivity index (χ1n) is 5.72. The summed E-state index contributed by atoms with van der Waals surface area (Å²) in [6, 6.07) is 7.85. The Morgan fingerprint density at radius 2 is 2.12 bits per heavy atom. The summed E-state index contributed by atoms with van der Waals surface area (Å²) in [5.41, 5.74) is 1.96. The Balaban J connectivity index is 2.08. The van der Waals surface area contributed by atoms with E-state index in [-0.39, 0.29) is 5.78 Å². The van der Waals surface area contributed by atoms with Crippen LogP contribution in [0.5, 0.6) is 0 Å². The molecule has 2 nitrogen and oxygen atoms in total. The van der Waals surface area contributed by atoms with E-state index in [2.05, 4.69) is 11.9 Å². The SMILES string of the molecule is CCc1ccc(C(=O)Cc2ccc(C)cn2)s1. The molecule has 0 saturated carbocycles. The molecule has 0 amide bonds. The quantitative estimate of drug-likeness (QED) is 0.772. The highest BCUT2D eigenvalue weighted by atomic mass is 32.1. The minimum absolute atomic E-state index is 0.158. The van der Waals surface area contributed by atoms with Crippen LogP contribution in [-0.4, -0.2) is 10.8 Å². The molecule has 0 spiro atoms. The summed E-state index contributed by atoms with van der Waals surface area (Å²) < 4.78 is 0. The van der Waals surface area contributed by atoms with Crippen LogP contribution in [-0.2, 0) is 12.8 Å². The lowest BCUT2D eigenvalue weighted by molar-refractivity contribution is 0.0996. The molecule has 0 fully saturated rings. The fourth-order valence-electron chi connectivity index (χ4n) is 1.57. The number of thiophene rings is 1. The van der Waals surface area contributed by atoms with E-state index in [1.54, 1.807) is 17.5 Å². The molecule has 0 aromatic carbocycles. The highest BCUT2D eigenvalue weighted by Gasteiger charge is 2.10. The van der Waals surface area contributed by atoms with Crippen molar-refractivity contribution in [3.8, 4) is 0 Å². The van der Waals surface area contributed by atoms with Gasteiger partial charge in [-0.15, -0.1) is 11.3 Å². The number of rotatable bonds is 4. The molecule has 0 bridgehead atoms. The maximum Gasteiger partial charge on any atom is 0.178 e. The van der Waals surface area contributed by atoms with Crippen molar-refractivity contribution in [1.29, 1.82) is 0 Å². The van der Waals surface area contributed by atoms with Gasteiger partial charge in [0.1, 0.15) is 0 Å². The third-order valence-corrected chi connectivity index (χ3v) is 3.87. The molecule has 2 rings (SSSR count). The van der Waals surface area contributed by atoms with Gasteiger partial charge in [0.15, 0.2) is 5.78 Å². The van der Waals surface area contributed by atoms with Gasteiger partial charge >= 0.3 is 0 Å². The van der Waals surface area contributed by atoms with E-state index in [4.69, 9.17) is 0 Å². The second kappa shape index (κ2) is 5.23. The van der Waals surface area contributed by atoms with Gasteiger partial charge in [-0.2, -0.15) is 0 Å². The summed E-state index contributed by atoms with van der Waals surface area (Å²) in [7, 11) is 0. The Hall–Kier alpha value is -1.48. The van der Waals surface area contributed by atoms with E-state index in [1.165, 1.54) is 4.88 Å². The lowest BCUT2D eigenvalue weighted by Crippen LogP contribution is -2.02. The largest absolute Gasteiger partial charge is 0.293 e. The van der Waals surface area contributed by atoms with E-state index >= 15 is 0 Å². The zero-order valence-corrected chi connectivity index (χ0v) is 10.9. The monoisotopic (exact) mass is 245 g/mol. The van der Waals surface area contributed by atoms with Gasteiger partial charge in [-0.05, 0) is 37.1 Å². The molecule has 0 aliphatic rings. The number of aryl methyl sites for hydroxylation is 2. The van der Waals surface area contributed by atoms with E-state index < -0.39 is 0 Å². The van der Waals surface area contributed by atoms with Gasteiger partial charge in [0, 0.05) is 16.8 Å². The summed E-state index contributed by atoms with van der Waals surface area (Å²) in [6.07, 6.45) is 3.18. The maximum atomic E-state index is 12.0. The van der Waals surface area contributed by atoms with Gasteiger partial charge in [0.05, 0.1) is 11.3 Å². The predicted octanol–water partition coefficient (Wildman–Crippen LogP) is 3.44. The second-order valence-corrected chi connectivity index (χ2v) is 5.21. The van der Waals surface area contributed by atoms with Crippen LogP contribution in [0.3, 0.4) is 0 Å². The number of hydrogen-bond donors (Lipinski definition) is 0. The summed E-state index contributed by atoms with van der Waals surface area (Å²) in [5, 5.41) is 0. The molecule has 2 aromatic rings. The van der Waals surface area contributed by atoms with Crippen molar-refractivity contribution < 1.29 is 4.79 Å². The Morgan fingerprint density at radius 3 is 2.71 bits per heavy atom. The molecule has 2 aromatic heterocycles. The minimum atomic E-state index is 0.158. The summed E-state index contributed by atoms with van der Waals surface area (Å²) >= 11 is 1.59. The van der Waals surface area contributed by atoms with Crippen LogP contribution in [0.15, 0.2) is 30.5 Å². The molecule has 0 atom stereocenters. The van der Waals surface area contributed by atoms with Gasteiger partial charge in [-0.3, -0.25) is 9.78 Å². The normalized spacial score (nSPS) is 10.5. The average Bonchev–Trinajstić information content (AvgIpc) is 2.81. The van der Waals surface area contributed by atoms with E-state index in [0.29, 0.717) is 6.42 Å². The molecule has 3 heteroatoms. The summed E-state index contributed by atoms with van der Waals surface area (Å²) in [5.74, 6) is 0.158. The number of nitrogens with zero attached hydrogens (tertiary/aromatic N) is 1. The molecule has 0 N–H and O–H groups in total. The third-order valence-electron chi connectivity index (χ3n) is 2.60. The van der Waals surface area contributed by atoms with Crippen molar-refractivity contribution in [1.82, 2.24) is 4.98 Å². The van der Waals surface area contributed by atoms with Crippen molar-refractivity contribution in [2.75, 3.05) is 0 Å². The van der Waals surface area contributed by atoms with Crippen molar-refractivity contribution in [2.24, 2.45) is 0 Å². The summed E-state index contributed by atoms with van der Waals surface area (Å²) in [6.45, 7) is 4.09. The molecule has 17 heavy (non-hydrogen) atoms. The number of carbonyl (C=O) groups excluding carboxylic acids is 1. The molecular formula is C14H15NOS. The molecule has 88 valence electrons. The lowest BCUT2D eigenvalue weighted by Gasteiger charge is -1.99.